The minimum Gasteiger partial charge on any atom is -0.472 e. The summed E-state index contributed by atoms with van der Waals surface area (Å²) >= 11 is 0. The van der Waals surface area contributed by atoms with Gasteiger partial charge in [0.05, 0.1) is 24.6 Å². The number of hydrogen-bond acceptors (Lipinski definition) is 5. The van der Waals surface area contributed by atoms with Crippen molar-refractivity contribution in [3.8, 4) is 0 Å². The van der Waals surface area contributed by atoms with E-state index in [-0.39, 0.29) is 5.56 Å². The summed E-state index contributed by atoms with van der Waals surface area (Å²) in [5.41, 5.74) is 2.34. The first-order valence-corrected chi connectivity index (χ1v) is 6.23. The molecule has 0 saturated heterocycles. The van der Waals surface area contributed by atoms with Gasteiger partial charge in [0, 0.05) is 0 Å². The van der Waals surface area contributed by atoms with Gasteiger partial charge in [-0.1, -0.05) is 18.2 Å². The fourth-order valence-corrected chi connectivity index (χ4v) is 1.93. The zero-order chi connectivity index (χ0) is 15.4. The van der Waals surface area contributed by atoms with E-state index in [0.717, 1.165) is 16.2 Å². The molecule has 2 aromatic rings. The maximum atomic E-state index is 12.5. The largest absolute Gasteiger partial charge is 0.533 e. The van der Waals surface area contributed by atoms with E-state index in [4.69, 9.17) is 9.25 Å². The molecule has 0 N–H and O–H groups in total. The average Bonchev–Trinajstić information content (AvgIpc) is 2.99. The summed E-state index contributed by atoms with van der Waals surface area (Å²) < 4.78 is 9.37. The third kappa shape index (κ3) is 3.05. The van der Waals surface area contributed by atoms with Gasteiger partial charge in [0.15, 0.2) is 0 Å². The number of rotatable bonds is 2. The Morgan fingerprint density at radius 3 is 2.33 bits per heavy atom. The number of anilines is 1. The van der Waals surface area contributed by atoms with E-state index < -0.39 is 12.1 Å². The lowest BCUT2D eigenvalue weighted by atomic mass is 10.1. The Bertz CT molecular complexity index is 628. The predicted octanol–water partition coefficient (Wildman–Crippen LogP) is 3.24. The SMILES string of the molecule is COC(=O)ON(C(=O)c1ccoc1)c1c(C)cccc1C. The molecule has 2 rings (SSSR count). The second-order valence-corrected chi connectivity index (χ2v) is 4.40. The molecule has 0 bridgehead atoms. The molecule has 6 nitrogen and oxygen atoms in total. The van der Waals surface area contributed by atoms with Crippen molar-refractivity contribution >= 4 is 17.7 Å². The van der Waals surface area contributed by atoms with Gasteiger partial charge in [-0.2, -0.15) is 0 Å². The summed E-state index contributed by atoms with van der Waals surface area (Å²) in [6.07, 6.45) is 1.67. The topological polar surface area (TPSA) is 69.0 Å². The van der Waals surface area contributed by atoms with Crippen molar-refractivity contribution in [2.75, 3.05) is 12.2 Å². The summed E-state index contributed by atoms with van der Waals surface area (Å²) in [4.78, 5) is 28.9. The molecule has 1 aromatic heterocycles. The Balaban J connectivity index is 2.46. The molecule has 0 radical (unpaired) electrons. The molecule has 0 aliphatic rings. The second kappa shape index (κ2) is 6.13. The quantitative estimate of drug-likeness (QED) is 0.627. The van der Waals surface area contributed by atoms with Crippen LogP contribution in [0.1, 0.15) is 21.5 Å². The molecule has 0 aliphatic heterocycles. The summed E-state index contributed by atoms with van der Waals surface area (Å²) in [6.45, 7) is 3.64. The van der Waals surface area contributed by atoms with Gasteiger partial charge in [-0.3, -0.25) is 9.63 Å². The fourth-order valence-electron chi connectivity index (χ4n) is 1.93. The molecular weight excluding hydrogens is 274 g/mol. The van der Waals surface area contributed by atoms with Gasteiger partial charge in [0.2, 0.25) is 0 Å². The fraction of sp³-hybridized carbons (Fsp3) is 0.200. The van der Waals surface area contributed by atoms with Crippen LogP contribution in [0.2, 0.25) is 0 Å². The van der Waals surface area contributed by atoms with Crippen molar-refractivity contribution < 1.29 is 23.6 Å². The zero-order valence-electron chi connectivity index (χ0n) is 12.0. The van der Waals surface area contributed by atoms with Crippen LogP contribution in [0.3, 0.4) is 0 Å². The summed E-state index contributed by atoms with van der Waals surface area (Å²) in [5, 5.41) is 0.918. The van der Waals surface area contributed by atoms with E-state index in [0.29, 0.717) is 5.69 Å². The Morgan fingerprint density at radius 2 is 1.81 bits per heavy atom. The number of nitrogens with zero attached hydrogens (tertiary/aromatic N) is 1. The number of para-hydroxylation sites is 1. The molecule has 0 aliphatic carbocycles. The minimum absolute atomic E-state index is 0.265. The Labute approximate surface area is 121 Å². The zero-order valence-corrected chi connectivity index (χ0v) is 12.0. The molecule has 1 heterocycles. The van der Waals surface area contributed by atoms with Crippen LogP contribution in [-0.4, -0.2) is 19.2 Å². The van der Waals surface area contributed by atoms with Crippen molar-refractivity contribution in [3.05, 3.63) is 53.5 Å². The highest BCUT2D eigenvalue weighted by atomic mass is 16.8. The molecule has 0 saturated carbocycles. The molecule has 1 amide bonds. The lowest BCUT2D eigenvalue weighted by molar-refractivity contribution is 0.0509. The highest BCUT2D eigenvalue weighted by Gasteiger charge is 2.26. The molecule has 0 atom stereocenters. The van der Waals surface area contributed by atoms with Crippen LogP contribution in [0.4, 0.5) is 10.5 Å². The van der Waals surface area contributed by atoms with Crippen LogP contribution in [0, 0.1) is 13.8 Å². The molecule has 0 fully saturated rings. The third-order valence-corrected chi connectivity index (χ3v) is 2.93. The van der Waals surface area contributed by atoms with Gasteiger partial charge in [0.25, 0.3) is 5.91 Å². The lowest BCUT2D eigenvalue weighted by Gasteiger charge is -2.23. The van der Waals surface area contributed by atoms with Gasteiger partial charge in [-0.25, -0.2) is 4.79 Å². The number of furan rings is 1. The number of amides is 1. The first-order chi connectivity index (χ1) is 10.0. The van der Waals surface area contributed by atoms with Gasteiger partial charge in [-0.05, 0) is 31.0 Å². The molecule has 6 heteroatoms. The molecular formula is C15H15NO5. The highest BCUT2D eigenvalue weighted by molar-refractivity contribution is 6.06. The maximum Gasteiger partial charge on any atom is 0.533 e. The first-order valence-electron chi connectivity index (χ1n) is 6.23. The van der Waals surface area contributed by atoms with Crippen LogP contribution in [-0.2, 0) is 9.57 Å². The number of aryl methyl sites for hydroxylation is 2. The minimum atomic E-state index is -0.977. The summed E-state index contributed by atoms with van der Waals surface area (Å²) in [7, 11) is 1.17. The van der Waals surface area contributed by atoms with Crippen LogP contribution in [0.5, 0.6) is 0 Å². The van der Waals surface area contributed by atoms with Gasteiger partial charge in [0.1, 0.15) is 6.26 Å². The van der Waals surface area contributed by atoms with Crippen molar-refractivity contribution in [2.24, 2.45) is 0 Å². The standard InChI is InChI=1S/C15H15NO5/c1-10-5-4-6-11(2)13(10)16(21-15(18)19-3)14(17)12-7-8-20-9-12/h4-9H,1-3H3. The monoisotopic (exact) mass is 289 g/mol. The predicted molar refractivity (Wildman–Crippen MR) is 74.9 cm³/mol. The molecule has 0 unspecified atom stereocenters. The number of hydroxylamine groups is 1. The highest BCUT2D eigenvalue weighted by Crippen LogP contribution is 2.27. The van der Waals surface area contributed by atoms with Gasteiger partial charge < -0.3 is 9.15 Å². The summed E-state index contributed by atoms with van der Waals surface area (Å²) in [6, 6.07) is 6.98. The van der Waals surface area contributed by atoms with Crippen molar-refractivity contribution in [2.45, 2.75) is 13.8 Å². The van der Waals surface area contributed by atoms with E-state index in [1.165, 1.54) is 25.7 Å². The van der Waals surface area contributed by atoms with E-state index in [1.54, 1.807) is 0 Å². The number of carbonyl (C=O) groups is 2. The number of methoxy groups -OCH3 is 1. The summed E-state index contributed by atoms with van der Waals surface area (Å²) in [5.74, 6) is -0.522. The van der Waals surface area contributed by atoms with E-state index >= 15 is 0 Å². The lowest BCUT2D eigenvalue weighted by Crippen LogP contribution is -2.34. The number of carbonyl (C=O) groups excluding carboxylic acids is 2. The third-order valence-electron chi connectivity index (χ3n) is 2.93. The van der Waals surface area contributed by atoms with Crippen LogP contribution >= 0.6 is 0 Å². The van der Waals surface area contributed by atoms with Crippen molar-refractivity contribution in [1.29, 1.82) is 0 Å². The maximum absolute atomic E-state index is 12.5. The van der Waals surface area contributed by atoms with E-state index in [1.807, 2.05) is 32.0 Å². The Kier molecular flexibility index (Phi) is 4.27. The van der Waals surface area contributed by atoms with Crippen LogP contribution in [0.15, 0.2) is 41.2 Å². The number of hydrogen-bond donors (Lipinski definition) is 0. The number of benzene rings is 1. The van der Waals surface area contributed by atoms with Crippen LogP contribution < -0.4 is 5.06 Å². The second-order valence-electron chi connectivity index (χ2n) is 4.40. The van der Waals surface area contributed by atoms with E-state index in [2.05, 4.69) is 4.74 Å². The van der Waals surface area contributed by atoms with Crippen molar-refractivity contribution in [1.82, 2.24) is 0 Å². The normalized spacial score (nSPS) is 10.0. The molecule has 21 heavy (non-hydrogen) atoms. The first kappa shape index (κ1) is 14.6. The van der Waals surface area contributed by atoms with Crippen molar-refractivity contribution in [3.63, 3.8) is 0 Å². The number of ether oxygens (including phenoxy) is 1. The molecule has 1 aromatic carbocycles. The average molecular weight is 289 g/mol. The Hall–Kier alpha value is -2.76. The molecule has 0 spiro atoms. The molecule has 110 valence electrons. The smallest absolute Gasteiger partial charge is 0.472 e. The van der Waals surface area contributed by atoms with Crippen LogP contribution in [0.25, 0.3) is 0 Å². The van der Waals surface area contributed by atoms with Gasteiger partial charge in [-0.15, -0.1) is 5.06 Å². The van der Waals surface area contributed by atoms with Gasteiger partial charge >= 0.3 is 6.16 Å². The Morgan fingerprint density at radius 1 is 1.14 bits per heavy atom. The van der Waals surface area contributed by atoms with E-state index in [9.17, 15) is 9.59 Å².